The third-order valence-electron chi connectivity index (χ3n) is 5.28. The highest BCUT2D eigenvalue weighted by Crippen LogP contribution is 2.35. The van der Waals surface area contributed by atoms with Crippen molar-refractivity contribution in [2.24, 2.45) is 5.92 Å². The third kappa shape index (κ3) is 3.33. The SMILES string of the molecule is CCc1cnc(CN2CC3(CCCC3)NCC2C(C)C)s1. The number of aromatic nitrogens is 1. The third-order valence-corrected chi connectivity index (χ3v) is 6.41. The molecule has 3 nitrogen and oxygen atoms in total. The molecule has 2 aliphatic rings. The van der Waals surface area contributed by atoms with Crippen LogP contribution in [-0.2, 0) is 13.0 Å². The Kier molecular flexibility index (Phi) is 4.67. The van der Waals surface area contributed by atoms with Crippen LogP contribution < -0.4 is 5.32 Å². The predicted octanol–water partition coefficient (Wildman–Crippen LogP) is 3.45. The van der Waals surface area contributed by atoms with Crippen LogP contribution in [0.2, 0.25) is 0 Å². The minimum Gasteiger partial charge on any atom is -0.308 e. The number of thiazole rings is 1. The van der Waals surface area contributed by atoms with Crippen LogP contribution in [0.25, 0.3) is 0 Å². The molecule has 1 aliphatic heterocycles. The first-order valence-electron chi connectivity index (χ1n) is 8.54. The monoisotopic (exact) mass is 307 g/mol. The Morgan fingerprint density at radius 3 is 2.81 bits per heavy atom. The normalized spacial score (nSPS) is 26.0. The fourth-order valence-electron chi connectivity index (χ4n) is 3.99. The van der Waals surface area contributed by atoms with Gasteiger partial charge in [0, 0.05) is 35.7 Å². The van der Waals surface area contributed by atoms with Gasteiger partial charge in [-0.25, -0.2) is 4.98 Å². The largest absolute Gasteiger partial charge is 0.308 e. The predicted molar refractivity (Wildman–Crippen MR) is 89.7 cm³/mol. The summed E-state index contributed by atoms with van der Waals surface area (Å²) in [5, 5.41) is 5.20. The first-order valence-corrected chi connectivity index (χ1v) is 9.36. The lowest BCUT2D eigenvalue weighted by Gasteiger charge is -2.47. The summed E-state index contributed by atoms with van der Waals surface area (Å²) in [6.07, 6.45) is 8.67. The Hall–Kier alpha value is -0.450. The minimum absolute atomic E-state index is 0.399. The molecule has 0 radical (unpaired) electrons. The lowest BCUT2D eigenvalue weighted by atomic mass is 9.89. The van der Waals surface area contributed by atoms with Crippen molar-refractivity contribution in [3.05, 3.63) is 16.1 Å². The number of piperazine rings is 1. The number of nitrogens with zero attached hydrogens (tertiary/aromatic N) is 2. The summed E-state index contributed by atoms with van der Waals surface area (Å²) >= 11 is 1.90. The van der Waals surface area contributed by atoms with Crippen molar-refractivity contribution in [3.8, 4) is 0 Å². The van der Waals surface area contributed by atoms with Crippen LogP contribution in [0.1, 0.15) is 56.3 Å². The average Bonchev–Trinajstić information content (AvgIpc) is 3.08. The molecule has 2 fully saturated rings. The van der Waals surface area contributed by atoms with Gasteiger partial charge in [-0.3, -0.25) is 4.90 Å². The van der Waals surface area contributed by atoms with E-state index >= 15 is 0 Å². The highest BCUT2D eigenvalue weighted by atomic mass is 32.1. The van der Waals surface area contributed by atoms with Crippen molar-refractivity contribution in [2.45, 2.75) is 71.0 Å². The maximum atomic E-state index is 4.65. The van der Waals surface area contributed by atoms with Gasteiger partial charge in [0.25, 0.3) is 0 Å². The van der Waals surface area contributed by atoms with Crippen molar-refractivity contribution in [3.63, 3.8) is 0 Å². The maximum Gasteiger partial charge on any atom is 0.107 e. The number of aryl methyl sites for hydroxylation is 1. The highest BCUT2D eigenvalue weighted by molar-refractivity contribution is 7.11. The van der Waals surface area contributed by atoms with Crippen LogP contribution in [0.3, 0.4) is 0 Å². The van der Waals surface area contributed by atoms with Gasteiger partial charge in [-0.1, -0.05) is 33.6 Å². The number of hydrogen-bond donors (Lipinski definition) is 1. The van der Waals surface area contributed by atoms with E-state index in [0.29, 0.717) is 17.5 Å². The van der Waals surface area contributed by atoms with E-state index in [2.05, 4.69) is 42.2 Å². The molecule has 1 atom stereocenters. The Morgan fingerprint density at radius 2 is 2.19 bits per heavy atom. The molecule has 118 valence electrons. The first kappa shape index (κ1) is 15.4. The molecule has 0 amide bonds. The van der Waals surface area contributed by atoms with E-state index in [1.54, 1.807) is 0 Å². The second kappa shape index (κ2) is 6.35. The van der Waals surface area contributed by atoms with Gasteiger partial charge in [0.1, 0.15) is 5.01 Å². The minimum atomic E-state index is 0.399. The number of hydrogen-bond acceptors (Lipinski definition) is 4. The zero-order chi connectivity index (χ0) is 14.9. The van der Waals surface area contributed by atoms with Crippen LogP contribution in [0.15, 0.2) is 6.20 Å². The summed E-state index contributed by atoms with van der Waals surface area (Å²) in [6.45, 7) is 10.3. The van der Waals surface area contributed by atoms with Gasteiger partial charge in [0.05, 0.1) is 6.54 Å². The summed E-state index contributed by atoms with van der Waals surface area (Å²) in [7, 11) is 0. The lowest BCUT2D eigenvalue weighted by Crippen LogP contribution is -2.63. The van der Waals surface area contributed by atoms with Crippen molar-refractivity contribution in [2.75, 3.05) is 13.1 Å². The van der Waals surface area contributed by atoms with Crippen LogP contribution in [0, 0.1) is 5.92 Å². The molecule has 1 N–H and O–H groups in total. The van der Waals surface area contributed by atoms with Crippen molar-refractivity contribution in [1.29, 1.82) is 0 Å². The van der Waals surface area contributed by atoms with Crippen LogP contribution >= 0.6 is 11.3 Å². The summed E-state index contributed by atoms with van der Waals surface area (Å²) < 4.78 is 0. The van der Waals surface area contributed by atoms with Crippen LogP contribution in [0.4, 0.5) is 0 Å². The van der Waals surface area contributed by atoms with E-state index in [0.717, 1.165) is 19.5 Å². The molecule has 1 aromatic rings. The molecule has 1 unspecified atom stereocenters. The molecule has 1 saturated carbocycles. The average molecular weight is 308 g/mol. The zero-order valence-corrected chi connectivity index (χ0v) is 14.5. The molecule has 3 rings (SSSR count). The van der Waals surface area contributed by atoms with Crippen molar-refractivity contribution >= 4 is 11.3 Å². The standard InChI is InChI=1S/C17H29N3S/c1-4-14-9-18-16(21-14)11-20-12-17(7-5-6-8-17)19-10-15(20)13(2)3/h9,13,15,19H,4-8,10-12H2,1-3H3. The summed E-state index contributed by atoms with van der Waals surface area (Å²) in [6, 6.07) is 0.644. The first-order chi connectivity index (χ1) is 10.1. The van der Waals surface area contributed by atoms with E-state index in [1.807, 2.05) is 11.3 Å². The number of rotatable bonds is 4. The summed E-state index contributed by atoms with van der Waals surface area (Å²) in [5.41, 5.74) is 0.399. The molecule has 4 heteroatoms. The van der Waals surface area contributed by atoms with E-state index in [1.165, 1.54) is 42.1 Å². The van der Waals surface area contributed by atoms with Gasteiger partial charge in [-0.15, -0.1) is 11.3 Å². The molecule has 21 heavy (non-hydrogen) atoms. The van der Waals surface area contributed by atoms with Gasteiger partial charge in [-0.05, 0) is 25.2 Å². The van der Waals surface area contributed by atoms with Crippen molar-refractivity contribution in [1.82, 2.24) is 15.2 Å². The second-order valence-electron chi connectivity index (χ2n) is 7.16. The van der Waals surface area contributed by atoms with E-state index in [4.69, 9.17) is 0 Å². The second-order valence-corrected chi connectivity index (χ2v) is 8.36. The van der Waals surface area contributed by atoms with E-state index < -0.39 is 0 Å². The van der Waals surface area contributed by atoms with Gasteiger partial charge < -0.3 is 5.32 Å². The van der Waals surface area contributed by atoms with E-state index in [9.17, 15) is 0 Å². The fraction of sp³-hybridized carbons (Fsp3) is 0.824. The van der Waals surface area contributed by atoms with E-state index in [-0.39, 0.29) is 0 Å². The van der Waals surface area contributed by atoms with Gasteiger partial charge in [-0.2, -0.15) is 0 Å². The van der Waals surface area contributed by atoms with Gasteiger partial charge >= 0.3 is 0 Å². The fourth-order valence-corrected chi connectivity index (χ4v) is 4.88. The molecule has 1 spiro atoms. The highest BCUT2D eigenvalue weighted by Gasteiger charge is 2.41. The Bertz CT molecular complexity index is 462. The summed E-state index contributed by atoms with van der Waals surface area (Å²) in [4.78, 5) is 8.77. The quantitative estimate of drug-likeness (QED) is 0.923. The molecule has 1 aliphatic carbocycles. The molecule has 2 heterocycles. The molecule has 1 saturated heterocycles. The van der Waals surface area contributed by atoms with Crippen LogP contribution in [-0.4, -0.2) is 34.6 Å². The Morgan fingerprint density at radius 1 is 1.43 bits per heavy atom. The zero-order valence-electron chi connectivity index (χ0n) is 13.7. The molecule has 0 bridgehead atoms. The Labute approximate surface area is 133 Å². The summed E-state index contributed by atoms with van der Waals surface area (Å²) in [5.74, 6) is 0.696. The van der Waals surface area contributed by atoms with Gasteiger partial charge in [0.2, 0.25) is 0 Å². The number of nitrogens with one attached hydrogen (secondary N) is 1. The smallest absolute Gasteiger partial charge is 0.107 e. The molecular weight excluding hydrogens is 278 g/mol. The molecule has 0 aromatic carbocycles. The molecule has 1 aromatic heterocycles. The lowest BCUT2D eigenvalue weighted by molar-refractivity contribution is 0.0506. The van der Waals surface area contributed by atoms with Crippen molar-refractivity contribution < 1.29 is 0 Å². The van der Waals surface area contributed by atoms with Gasteiger partial charge in [0.15, 0.2) is 0 Å². The molecular formula is C17H29N3S. The maximum absolute atomic E-state index is 4.65. The topological polar surface area (TPSA) is 28.2 Å². The van der Waals surface area contributed by atoms with Crippen LogP contribution in [0.5, 0.6) is 0 Å². The Balaban J connectivity index is 1.73.